The van der Waals surface area contributed by atoms with E-state index in [0.717, 1.165) is 5.56 Å². The van der Waals surface area contributed by atoms with Gasteiger partial charge >= 0.3 is 11.9 Å². The summed E-state index contributed by atoms with van der Waals surface area (Å²) >= 11 is 0. The number of aryl methyl sites for hydroxylation is 1. The normalized spacial score (nSPS) is 10.5. The Morgan fingerprint density at radius 2 is 1.43 bits per heavy atom. The molecule has 0 saturated heterocycles. The predicted molar refractivity (Wildman–Crippen MR) is 107 cm³/mol. The van der Waals surface area contributed by atoms with Crippen LogP contribution in [0.25, 0.3) is 0 Å². The first-order chi connectivity index (χ1) is 13.3. The van der Waals surface area contributed by atoms with Crippen LogP contribution in [0.3, 0.4) is 0 Å². The number of anilines is 1. The molecule has 2 rings (SSSR count). The molecule has 1 N–H and O–H groups in total. The minimum absolute atomic E-state index is 0.157. The third kappa shape index (κ3) is 5.67. The van der Waals surface area contributed by atoms with Crippen molar-refractivity contribution in [2.45, 2.75) is 32.6 Å². The Balaban J connectivity index is 2.07. The topological polar surface area (TPSA) is 81.7 Å². The predicted octanol–water partition coefficient (Wildman–Crippen LogP) is 3.95. The maximum Gasteiger partial charge on any atom is 0.337 e. The summed E-state index contributed by atoms with van der Waals surface area (Å²) in [4.78, 5) is 35.9. The van der Waals surface area contributed by atoms with Gasteiger partial charge in [0.1, 0.15) is 0 Å². The Kier molecular flexibility index (Phi) is 7.32. The van der Waals surface area contributed by atoms with Gasteiger partial charge in [-0.15, -0.1) is 0 Å². The highest BCUT2D eigenvalue weighted by atomic mass is 16.5. The van der Waals surface area contributed by atoms with Gasteiger partial charge in [-0.2, -0.15) is 0 Å². The second-order valence-electron chi connectivity index (χ2n) is 6.73. The minimum atomic E-state index is -0.605. The molecule has 0 aromatic heterocycles. The molecule has 2 aromatic rings. The smallest absolute Gasteiger partial charge is 0.337 e. The van der Waals surface area contributed by atoms with Gasteiger partial charge in [0.25, 0.3) is 0 Å². The quantitative estimate of drug-likeness (QED) is 0.732. The molecule has 0 heterocycles. The van der Waals surface area contributed by atoms with Gasteiger partial charge in [0.15, 0.2) is 0 Å². The zero-order valence-corrected chi connectivity index (χ0v) is 16.6. The summed E-state index contributed by atoms with van der Waals surface area (Å²) in [6.45, 7) is 4.26. The van der Waals surface area contributed by atoms with Crippen LogP contribution in [0, 0.1) is 0 Å². The van der Waals surface area contributed by atoms with Crippen molar-refractivity contribution in [2.24, 2.45) is 0 Å². The van der Waals surface area contributed by atoms with E-state index in [1.165, 1.54) is 38.0 Å². The van der Waals surface area contributed by atoms with Crippen LogP contribution in [0.15, 0.2) is 42.5 Å². The molecule has 6 nitrogen and oxygen atoms in total. The molecule has 0 atom stereocenters. The van der Waals surface area contributed by atoms with E-state index in [1.54, 1.807) is 0 Å². The number of carbonyl (C=O) groups is 3. The molecule has 0 radical (unpaired) electrons. The van der Waals surface area contributed by atoms with E-state index in [4.69, 9.17) is 9.47 Å². The molecular formula is C22H25NO5. The molecule has 0 aliphatic carbocycles. The van der Waals surface area contributed by atoms with Crippen LogP contribution in [-0.4, -0.2) is 32.1 Å². The lowest BCUT2D eigenvalue weighted by atomic mass is 10.0. The summed E-state index contributed by atoms with van der Waals surface area (Å²) < 4.78 is 9.39. The first kappa shape index (κ1) is 21.2. The van der Waals surface area contributed by atoms with Crippen LogP contribution < -0.4 is 5.32 Å². The van der Waals surface area contributed by atoms with Crippen molar-refractivity contribution in [1.82, 2.24) is 0 Å². The minimum Gasteiger partial charge on any atom is -0.465 e. The van der Waals surface area contributed by atoms with Gasteiger partial charge in [0, 0.05) is 12.1 Å². The largest absolute Gasteiger partial charge is 0.465 e. The Bertz CT molecular complexity index is 821. The Hall–Kier alpha value is -3.15. The maximum atomic E-state index is 12.3. The van der Waals surface area contributed by atoms with E-state index in [2.05, 4.69) is 31.3 Å². The van der Waals surface area contributed by atoms with Crippen LogP contribution in [0.5, 0.6) is 0 Å². The van der Waals surface area contributed by atoms with Crippen molar-refractivity contribution in [3.63, 3.8) is 0 Å². The number of rotatable bonds is 7. The number of benzene rings is 2. The highest BCUT2D eigenvalue weighted by Gasteiger charge is 2.15. The molecule has 1 amide bonds. The number of esters is 2. The number of hydrogen-bond donors (Lipinski definition) is 1. The molecule has 0 aliphatic heterocycles. The summed E-state index contributed by atoms with van der Waals surface area (Å²) in [7, 11) is 2.49. The number of nitrogens with one attached hydrogen (secondary N) is 1. The molecule has 6 heteroatoms. The van der Waals surface area contributed by atoms with Crippen molar-refractivity contribution in [3.8, 4) is 0 Å². The fraction of sp³-hybridized carbons (Fsp3) is 0.318. The maximum absolute atomic E-state index is 12.3. The Morgan fingerprint density at radius 1 is 0.893 bits per heavy atom. The molecule has 0 aliphatic rings. The van der Waals surface area contributed by atoms with Crippen molar-refractivity contribution < 1.29 is 23.9 Å². The van der Waals surface area contributed by atoms with Gasteiger partial charge in [-0.25, -0.2) is 9.59 Å². The summed E-state index contributed by atoms with van der Waals surface area (Å²) in [5.74, 6) is -0.966. The van der Waals surface area contributed by atoms with Crippen LogP contribution in [0.1, 0.15) is 58.0 Å². The number of methoxy groups -OCH3 is 2. The third-order valence-corrected chi connectivity index (χ3v) is 4.35. The van der Waals surface area contributed by atoms with Gasteiger partial charge in [-0.05, 0) is 41.7 Å². The SMILES string of the molecule is COC(=O)c1cc(NC(=O)CCc2ccc(C(C)C)cc2)cc(C(=O)OC)c1. The molecule has 0 fully saturated rings. The van der Waals surface area contributed by atoms with E-state index in [0.29, 0.717) is 18.0 Å². The highest BCUT2D eigenvalue weighted by molar-refractivity contribution is 5.99. The number of hydrogen-bond acceptors (Lipinski definition) is 5. The standard InChI is InChI=1S/C22H25NO5/c1-14(2)16-8-5-15(6-9-16)7-10-20(24)23-19-12-17(21(25)27-3)11-18(13-19)22(26)28-4/h5-6,8-9,11-14H,7,10H2,1-4H3,(H,23,24). The molecule has 148 valence electrons. The molecule has 28 heavy (non-hydrogen) atoms. The van der Waals surface area contributed by atoms with E-state index in [9.17, 15) is 14.4 Å². The van der Waals surface area contributed by atoms with Gasteiger partial charge in [0.05, 0.1) is 25.3 Å². The average molecular weight is 383 g/mol. The van der Waals surface area contributed by atoms with Crippen molar-refractivity contribution >= 4 is 23.5 Å². The molecule has 0 bridgehead atoms. The fourth-order valence-electron chi connectivity index (χ4n) is 2.72. The molecule has 0 spiro atoms. The lowest BCUT2D eigenvalue weighted by Crippen LogP contribution is -2.14. The van der Waals surface area contributed by atoms with E-state index in [1.807, 2.05) is 12.1 Å². The lowest BCUT2D eigenvalue weighted by Gasteiger charge is -2.10. The zero-order chi connectivity index (χ0) is 20.7. The van der Waals surface area contributed by atoms with E-state index in [-0.39, 0.29) is 23.5 Å². The molecular weight excluding hydrogens is 358 g/mol. The second-order valence-corrected chi connectivity index (χ2v) is 6.73. The monoisotopic (exact) mass is 383 g/mol. The molecule has 2 aromatic carbocycles. The molecule has 0 saturated carbocycles. The average Bonchev–Trinajstić information content (AvgIpc) is 2.70. The first-order valence-corrected chi connectivity index (χ1v) is 9.04. The van der Waals surface area contributed by atoms with Gasteiger partial charge in [-0.1, -0.05) is 38.1 Å². The summed E-state index contributed by atoms with van der Waals surface area (Å²) in [6, 6.07) is 12.5. The van der Waals surface area contributed by atoms with Crippen LogP contribution in [0.2, 0.25) is 0 Å². The number of amides is 1. The van der Waals surface area contributed by atoms with Crippen molar-refractivity contribution in [1.29, 1.82) is 0 Å². The molecule has 0 unspecified atom stereocenters. The Labute approximate surface area is 164 Å². The van der Waals surface area contributed by atoms with Crippen molar-refractivity contribution in [2.75, 3.05) is 19.5 Å². The van der Waals surface area contributed by atoms with Crippen LogP contribution >= 0.6 is 0 Å². The van der Waals surface area contributed by atoms with E-state index >= 15 is 0 Å². The van der Waals surface area contributed by atoms with Gasteiger partial charge < -0.3 is 14.8 Å². The zero-order valence-electron chi connectivity index (χ0n) is 16.6. The highest BCUT2D eigenvalue weighted by Crippen LogP contribution is 2.18. The second kappa shape index (κ2) is 9.69. The van der Waals surface area contributed by atoms with Crippen LogP contribution in [-0.2, 0) is 20.7 Å². The number of ether oxygens (including phenoxy) is 2. The third-order valence-electron chi connectivity index (χ3n) is 4.35. The summed E-state index contributed by atoms with van der Waals surface area (Å²) in [5.41, 5.74) is 2.97. The summed E-state index contributed by atoms with van der Waals surface area (Å²) in [6.07, 6.45) is 0.863. The summed E-state index contributed by atoms with van der Waals surface area (Å²) in [5, 5.41) is 2.73. The lowest BCUT2D eigenvalue weighted by molar-refractivity contribution is -0.116. The van der Waals surface area contributed by atoms with Gasteiger partial charge in [-0.3, -0.25) is 4.79 Å². The number of carbonyl (C=O) groups excluding carboxylic acids is 3. The first-order valence-electron chi connectivity index (χ1n) is 9.04. The van der Waals surface area contributed by atoms with Gasteiger partial charge in [0.2, 0.25) is 5.91 Å². The van der Waals surface area contributed by atoms with E-state index < -0.39 is 11.9 Å². The Morgan fingerprint density at radius 3 is 1.89 bits per heavy atom. The fourth-order valence-corrected chi connectivity index (χ4v) is 2.72. The van der Waals surface area contributed by atoms with Crippen LogP contribution in [0.4, 0.5) is 5.69 Å². The van der Waals surface area contributed by atoms with Crippen molar-refractivity contribution in [3.05, 3.63) is 64.7 Å².